The fourth-order valence-electron chi connectivity index (χ4n) is 3.24. The number of rotatable bonds is 7. The molecule has 1 aliphatic rings. The first kappa shape index (κ1) is 17.6. The Morgan fingerprint density at radius 3 is 2.72 bits per heavy atom. The van der Waals surface area contributed by atoms with E-state index in [9.17, 15) is 4.79 Å². The number of fused-ring (bicyclic) bond motifs is 1. The van der Waals surface area contributed by atoms with Crippen LogP contribution in [0.25, 0.3) is 0 Å². The lowest BCUT2D eigenvalue weighted by Crippen LogP contribution is -2.25. The van der Waals surface area contributed by atoms with Gasteiger partial charge in [0.15, 0.2) is 0 Å². The van der Waals surface area contributed by atoms with Crippen LogP contribution in [0.5, 0.6) is 0 Å². The van der Waals surface area contributed by atoms with Crippen molar-refractivity contribution in [1.82, 2.24) is 14.9 Å². The van der Waals surface area contributed by atoms with E-state index in [0.29, 0.717) is 25.4 Å². The highest BCUT2D eigenvalue weighted by Gasteiger charge is 2.24. The number of carbonyl (C=O) groups excluding carboxylic acids is 1. The number of amides is 1. The molecule has 0 unspecified atom stereocenters. The van der Waals surface area contributed by atoms with Crippen molar-refractivity contribution in [3.05, 3.63) is 59.2 Å². The number of benzene rings is 1. The van der Waals surface area contributed by atoms with Gasteiger partial charge in [-0.05, 0) is 30.7 Å². The first-order chi connectivity index (χ1) is 12.1. The zero-order chi connectivity index (χ0) is 17.6. The Kier molecular flexibility index (Phi) is 5.79. The summed E-state index contributed by atoms with van der Waals surface area (Å²) in [5.41, 5.74) is 3.48. The number of hydrogen-bond acceptors (Lipinski definition) is 3. The quantitative estimate of drug-likeness (QED) is 0.719. The molecule has 0 saturated heterocycles. The maximum Gasteiger partial charge on any atom is 0.223 e. The van der Waals surface area contributed by atoms with Crippen LogP contribution in [0, 0.1) is 5.92 Å². The Hall–Kier alpha value is -2.23. The first-order valence-electron chi connectivity index (χ1n) is 9.27. The number of nitrogens with zero attached hydrogens (tertiary/aromatic N) is 3. The van der Waals surface area contributed by atoms with E-state index < -0.39 is 0 Å². The summed E-state index contributed by atoms with van der Waals surface area (Å²) in [4.78, 5) is 23.5. The number of carbonyl (C=O) groups is 1. The lowest BCUT2D eigenvalue weighted by molar-refractivity contribution is -0.131. The fourth-order valence-corrected chi connectivity index (χ4v) is 3.24. The summed E-state index contributed by atoms with van der Waals surface area (Å²) in [6.07, 6.45) is 6.44. The summed E-state index contributed by atoms with van der Waals surface area (Å²) in [6, 6.07) is 10.5. The topological polar surface area (TPSA) is 46.1 Å². The third kappa shape index (κ3) is 4.88. The zero-order valence-electron chi connectivity index (χ0n) is 15.2. The number of aromatic nitrogens is 2. The predicted molar refractivity (Wildman–Crippen MR) is 98.8 cm³/mol. The second-order valence-electron chi connectivity index (χ2n) is 7.30. The monoisotopic (exact) mass is 337 g/mol. The fraction of sp³-hybridized carbons (Fsp3) is 0.476. The Morgan fingerprint density at radius 1 is 1.16 bits per heavy atom. The van der Waals surface area contributed by atoms with Crippen molar-refractivity contribution in [3.63, 3.8) is 0 Å². The average Bonchev–Trinajstić information content (AvgIpc) is 3.02. The summed E-state index contributed by atoms with van der Waals surface area (Å²) in [6.45, 7) is 5.64. The van der Waals surface area contributed by atoms with Gasteiger partial charge < -0.3 is 4.90 Å². The molecule has 25 heavy (non-hydrogen) atoms. The van der Waals surface area contributed by atoms with Gasteiger partial charge >= 0.3 is 0 Å². The summed E-state index contributed by atoms with van der Waals surface area (Å²) >= 11 is 0. The molecular formula is C21H27N3O. The van der Waals surface area contributed by atoms with Crippen molar-refractivity contribution in [2.24, 2.45) is 5.92 Å². The van der Waals surface area contributed by atoms with Gasteiger partial charge in [-0.3, -0.25) is 4.79 Å². The molecule has 1 amide bonds. The standard InChI is InChI=1S/C21H27N3O/c1-16(2)12-20-22-13-18-14-24(15-19(18)23-20)21(25)11-7-6-10-17-8-4-3-5-9-17/h3-5,8-9,13,16H,6-7,10-12,14-15H2,1-2H3. The van der Waals surface area contributed by atoms with Crippen LogP contribution in [-0.4, -0.2) is 20.8 Å². The van der Waals surface area contributed by atoms with Crippen molar-refractivity contribution >= 4 is 5.91 Å². The lowest BCUT2D eigenvalue weighted by Gasteiger charge is -2.14. The van der Waals surface area contributed by atoms with Crippen LogP contribution in [0.2, 0.25) is 0 Å². The molecule has 1 aliphatic heterocycles. The molecule has 132 valence electrons. The molecule has 1 aromatic carbocycles. The Bertz CT molecular complexity index is 712. The minimum Gasteiger partial charge on any atom is -0.332 e. The van der Waals surface area contributed by atoms with Gasteiger partial charge in [0, 0.05) is 31.1 Å². The molecule has 4 nitrogen and oxygen atoms in total. The Labute approximate surface area is 150 Å². The molecule has 0 aliphatic carbocycles. The lowest BCUT2D eigenvalue weighted by atomic mass is 10.1. The molecule has 0 radical (unpaired) electrons. The van der Waals surface area contributed by atoms with E-state index in [0.717, 1.165) is 42.8 Å². The van der Waals surface area contributed by atoms with Crippen LogP contribution in [0.4, 0.5) is 0 Å². The zero-order valence-corrected chi connectivity index (χ0v) is 15.2. The van der Waals surface area contributed by atoms with Gasteiger partial charge in [-0.1, -0.05) is 44.2 Å². The minimum atomic E-state index is 0.233. The number of unbranched alkanes of at least 4 members (excludes halogenated alkanes) is 1. The normalized spacial score (nSPS) is 13.3. The minimum absolute atomic E-state index is 0.233. The van der Waals surface area contributed by atoms with Gasteiger partial charge in [-0.15, -0.1) is 0 Å². The molecule has 1 aromatic heterocycles. The molecule has 0 spiro atoms. The van der Waals surface area contributed by atoms with Crippen molar-refractivity contribution in [3.8, 4) is 0 Å². The number of hydrogen-bond donors (Lipinski definition) is 0. The molecule has 2 heterocycles. The SMILES string of the molecule is CC(C)Cc1ncc2c(n1)CN(C(=O)CCCCc1ccccc1)C2. The highest BCUT2D eigenvalue weighted by molar-refractivity contribution is 5.76. The maximum atomic E-state index is 12.5. The summed E-state index contributed by atoms with van der Waals surface area (Å²) < 4.78 is 0. The van der Waals surface area contributed by atoms with Crippen molar-refractivity contribution in [2.75, 3.05) is 0 Å². The van der Waals surface area contributed by atoms with Crippen LogP contribution in [0.3, 0.4) is 0 Å². The Balaban J connectivity index is 1.45. The second kappa shape index (κ2) is 8.24. The van der Waals surface area contributed by atoms with Gasteiger partial charge in [0.1, 0.15) is 5.82 Å². The third-order valence-corrected chi connectivity index (χ3v) is 4.60. The molecule has 0 N–H and O–H groups in total. The summed E-state index contributed by atoms with van der Waals surface area (Å²) in [5.74, 6) is 1.67. The summed E-state index contributed by atoms with van der Waals surface area (Å²) in [7, 11) is 0. The maximum absolute atomic E-state index is 12.5. The van der Waals surface area contributed by atoms with Crippen molar-refractivity contribution in [2.45, 2.75) is 59.0 Å². The average molecular weight is 337 g/mol. The number of aryl methyl sites for hydroxylation is 1. The van der Waals surface area contributed by atoms with Gasteiger partial charge in [-0.25, -0.2) is 9.97 Å². The molecule has 2 aromatic rings. The van der Waals surface area contributed by atoms with E-state index in [1.54, 1.807) is 0 Å². The van der Waals surface area contributed by atoms with E-state index in [4.69, 9.17) is 0 Å². The van der Waals surface area contributed by atoms with E-state index in [-0.39, 0.29) is 5.91 Å². The van der Waals surface area contributed by atoms with Crippen LogP contribution in [0.1, 0.15) is 55.8 Å². The molecule has 4 heteroatoms. The highest BCUT2D eigenvalue weighted by atomic mass is 16.2. The van der Waals surface area contributed by atoms with Gasteiger partial charge in [0.25, 0.3) is 0 Å². The van der Waals surface area contributed by atoms with Crippen molar-refractivity contribution < 1.29 is 4.79 Å². The Morgan fingerprint density at radius 2 is 1.96 bits per heavy atom. The van der Waals surface area contributed by atoms with E-state index in [1.807, 2.05) is 17.2 Å². The smallest absolute Gasteiger partial charge is 0.223 e. The van der Waals surface area contributed by atoms with Gasteiger partial charge in [0.2, 0.25) is 5.91 Å². The van der Waals surface area contributed by atoms with Crippen molar-refractivity contribution in [1.29, 1.82) is 0 Å². The van der Waals surface area contributed by atoms with Crippen LogP contribution in [-0.2, 0) is 30.7 Å². The van der Waals surface area contributed by atoms with Crippen LogP contribution in [0.15, 0.2) is 36.5 Å². The second-order valence-corrected chi connectivity index (χ2v) is 7.30. The third-order valence-electron chi connectivity index (χ3n) is 4.60. The summed E-state index contributed by atoms with van der Waals surface area (Å²) in [5, 5.41) is 0. The molecule has 0 fully saturated rings. The molecule has 0 saturated carbocycles. The van der Waals surface area contributed by atoms with E-state index in [2.05, 4.69) is 48.1 Å². The van der Waals surface area contributed by atoms with E-state index >= 15 is 0 Å². The highest BCUT2D eigenvalue weighted by Crippen LogP contribution is 2.22. The molecular weight excluding hydrogens is 310 g/mol. The largest absolute Gasteiger partial charge is 0.332 e. The molecule has 3 rings (SSSR count). The van der Waals surface area contributed by atoms with E-state index in [1.165, 1.54) is 5.56 Å². The van der Waals surface area contributed by atoms with Crippen LogP contribution < -0.4 is 0 Å². The first-order valence-corrected chi connectivity index (χ1v) is 9.27. The molecule has 0 bridgehead atoms. The van der Waals surface area contributed by atoms with Gasteiger partial charge in [0.05, 0.1) is 12.2 Å². The van der Waals surface area contributed by atoms with Crippen LogP contribution >= 0.6 is 0 Å². The molecule has 0 atom stereocenters. The predicted octanol–water partition coefficient (Wildman–Crippen LogP) is 3.93. The van der Waals surface area contributed by atoms with Gasteiger partial charge in [-0.2, -0.15) is 0 Å².